The molecule has 0 saturated heterocycles. The van der Waals surface area contributed by atoms with E-state index in [0.717, 1.165) is 18.8 Å². The molecule has 0 spiro atoms. The van der Waals surface area contributed by atoms with Gasteiger partial charge in [-0.15, -0.1) is 0 Å². The Morgan fingerprint density at radius 1 is 1.00 bits per heavy atom. The molecule has 1 saturated carbocycles. The van der Waals surface area contributed by atoms with Crippen LogP contribution in [0.5, 0.6) is 0 Å². The fourth-order valence-electron chi connectivity index (χ4n) is 2.83. The van der Waals surface area contributed by atoms with Crippen molar-refractivity contribution in [3.8, 4) is 0 Å². The van der Waals surface area contributed by atoms with E-state index in [1.807, 2.05) is 0 Å². The van der Waals surface area contributed by atoms with Crippen molar-refractivity contribution in [2.24, 2.45) is 0 Å². The van der Waals surface area contributed by atoms with Crippen molar-refractivity contribution in [1.29, 1.82) is 0 Å². The second kappa shape index (κ2) is 6.66. The Morgan fingerprint density at radius 2 is 1.53 bits per heavy atom. The van der Waals surface area contributed by atoms with Crippen molar-refractivity contribution in [1.82, 2.24) is 0 Å². The molecule has 0 aromatic rings. The van der Waals surface area contributed by atoms with E-state index < -0.39 is 8.56 Å². The summed E-state index contributed by atoms with van der Waals surface area (Å²) < 4.78 is 12.2. The van der Waals surface area contributed by atoms with Crippen LogP contribution in [0.1, 0.15) is 52.9 Å². The molecule has 0 N–H and O–H groups in total. The van der Waals surface area contributed by atoms with E-state index in [1.165, 1.54) is 38.1 Å². The van der Waals surface area contributed by atoms with Gasteiger partial charge in [0, 0.05) is 18.8 Å². The normalized spacial score (nSPS) is 18.6. The summed E-state index contributed by atoms with van der Waals surface area (Å²) in [5.74, 6) is 0. The minimum absolute atomic E-state index is 0.761. The lowest BCUT2D eigenvalue weighted by Crippen LogP contribution is -2.46. The van der Waals surface area contributed by atoms with Gasteiger partial charge in [0.25, 0.3) is 0 Å². The molecule has 0 amide bonds. The molecule has 0 unspecified atom stereocenters. The maximum Gasteiger partial charge on any atom is 0.341 e. The highest BCUT2D eigenvalue weighted by atomic mass is 28.4. The molecule has 0 aromatic heterocycles. The topological polar surface area (TPSA) is 18.5 Å². The molecule has 3 heteroatoms. The second-order valence-corrected chi connectivity index (χ2v) is 7.93. The van der Waals surface area contributed by atoms with Gasteiger partial charge in [-0.3, -0.25) is 0 Å². The van der Waals surface area contributed by atoms with Gasteiger partial charge in [-0.2, -0.15) is 0 Å². The summed E-state index contributed by atoms with van der Waals surface area (Å²) in [7, 11) is -1.86. The monoisotopic (exact) mass is 230 g/mol. The first kappa shape index (κ1) is 13.2. The summed E-state index contributed by atoms with van der Waals surface area (Å²) >= 11 is 0. The Morgan fingerprint density at radius 3 is 1.93 bits per heavy atom. The Kier molecular flexibility index (Phi) is 5.86. The van der Waals surface area contributed by atoms with Gasteiger partial charge in [0.15, 0.2) is 0 Å². The van der Waals surface area contributed by atoms with Crippen LogP contribution >= 0.6 is 0 Å². The zero-order valence-electron chi connectivity index (χ0n) is 10.6. The van der Waals surface area contributed by atoms with Gasteiger partial charge in [0.05, 0.1) is 0 Å². The van der Waals surface area contributed by atoms with Crippen molar-refractivity contribution in [3.63, 3.8) is 0 Å². The third-order valence-corrected chi connectivity index (χ3v) is 7.93. The maximum atomic E-state index is 6.11. The van der Waals surface area contributed by atoms with Gasteiger partial charge < -0.3 is 8.85 Å². The van der Waals surface area contributed by atoms with Gasteiger partial charge in [-0.05, 0) is 32.7 Å². The largest absolute Gasteiger partial charge is 0.394 e. The molecule has 90 valence electrons. The number of hydrogen-bond acceptors (Lipinski definition) is 2. The van der Waals surface area contributed by atoms with E-state index in [0.29, 0.717) is 0 Å². The molecule has 0 aromatic carbocycles. The van der Waals surface area contributed by atoms with Crippen LogP contribution in [0.2, 0.25) is 11.6 Å². The summed E-state index contributed by atoms with van der Waals surface area (Å²) in [5.41, 5.74) is 0.761. The van der Waals surface area contributed by atoms with Crippen molar-refractivity contribution in [3.05, 3.63) is 0 Å². The van der Waals surface area contributed by atoms with Crippen molar-refractivity contribution >= 4 is 8.56 Å². The van der Waals surface area contributed by atoms with E-state index in [9.17, 15) is 0 Å². The molecular formula is C12H26O2Si. The molecule has 0 aliphatic heterocycles. The summed E-state index contributed by atoms with van der Waals surface area (Å²) in [5, 5.41) is 0. The van der Waals surface area contributed by atoms with Crippen molar-refractivity contribution < 1.29 is 8.85 Å². The average Bonchev–Trinajstić information content (AvgIpc) is 2.72. The van der Waals surface area contributed by atoms with E-state index in [2.05, 4.69) is 20.8 Å². The zero-order valence-corrected chi connectivity index (χ0v) is 11.6. The second-order valence-electron chi connectivity index (χ2n) is 4.41. The molecule has 1 rings (SSSR count). The van der Waals surface area contributed by atoms with Crippen molar-refractivity contribution in [2.45, 2.75) is 64.5 Å². The molecule has 1 fully saturated rings. The van der Waals surface area contributed by atoms with Crippen LogP contribution in [-0.4, -0.2) is 21.8 Å². The molecule has 1 aliphatic carbocycles. The van der Waals surface area contributed by atoms with Crippen LogP contribution in [0.4, 0.5) is 0 Å². The first-order valence-corrected chi connectivity index (χ1v) is 8.67. The molecule has 0 atom stereocenters. The molecule has 1 aliphatic rings. The molecule has 0 heterocycles. The Balaban J connectivity index is 2.68. The van der Waals surface area contributed by atoms with Gasteiger partial charge in [-0.1, -0.05) is 26.2 Å². The first-order valence-electron chi connectivity index (χ1n) is 6.57. The van der Waals surface area contributed by atoms with Gasteiger partial charge in [-0.25, -0.2) is 0 Å². The molecule has 0 radical (unpaired) electrons. The Hall–Kier alpha value is 0.137. The van der Waals surface area contributed by atoms with Crippen LogP contribution in [0, 0.1) is 0 Å². The van der Waals surface area contributed by atoms with E-state index in [-0.39, 0.29) is 0 Å². The summed E-state index contributed by atoms with van der Waals surface area (Å²) in [4.78, 5) is 0. The van der Waals surface area contributed by atoms with Crippen LogP contribution < -0.4 is 0 Å². The highest BCUT2D eigenvalue weighted by molar-refractivity contribution is 6.69. The maximum absolute atomic E-state index is 6.11. The standard InChI is InChI=1S/C12H26O2Si/c1-4-11-15(13-5-2,14-6-3)12-9-7-8-10-12/h12H,4-11H2,1-3H3. The fraction of sp³-hybridized carbons (Fsp3) is 1.00. The van der Waals surface area contributed by atoms with Crippen LogP contribution in [0.15, 0.2) is 0 Å². The van der Waals surface area contributed by atoms with Crippen LogP contribution in [-0.2, 0) is 8.85 Å². The number of rotatable bonds is 7. The zero-order chi connectivity index (χ0) is 11.1. The molecular weight excluding hydrogens is 204 g/mol. The lowest BCUT2D eigenvalue weighted by molar-refractivity contribution is 0.171. The molecule has 0 bridgehead atoms. The van der Waals surface area contributed by atoms with Crippen LogP contribution in [0.25, 0.3) is 0 Å². The van der Waals surface area contributed by atoms with Crippen LogP contribution in [0.3, 0.4) is 0 Å². The first-order chi connectivity index (χ1) is 7.29. The highest BCUT2D eigenvalue weighted by Gasteiger charge is 2.45. The Labute approximate surface area is 95.6 Å². The summed E-state index contributed by atoms with van der Waals surface area (Å²) in [6, 6.07) is 1.18. The van der Waals surface area contributed by atoms with Gasteiger partial charge >= 0.3 is 8.56 Å². The minimum Gasteiger partial charge on any atom is -0.394 e. The third kappa shape index (κ3) is 3.30. The van der Waals surface area contributed by atoms with Gasteiger partial charge in [0.1, 0.15) is 0 Å². The quantitative estimate of drug-likeness (QED) is 0.618. The lowest BCUT2D eigenvalue weighted by atomic mass is 10.4. The number of hydrogen-bond donors (Lipinski definition) is 0. The molecule has 2 nitrogen and oxygen atoms in total. The summed E-state index contributed by atoms with van der Waals surface area (Å²) in [6.45, 7) is 8.09. The van der Waals surface area contributed by atoms with Crippen molar-refractivity contribution in [2.75, 3.05) is 13.2 Å². The summed E-state index contributed by atoms with van der Waals surface area (Å²) in [6.07, 6.45) is 6.63. The van der Waals surface area contributed by atoms with E-state index in [4.69, 9.17) is 8.85 Å². The third-order valence-electron chi connectivity index (χ3n) is 3.35. The fourth-order valence-corrected chi connectivity index (χ4v) is 7.04. The SMILES string of the molecule is CCC[Si](OCC)(OCC)C1CCCC1. The Bertz CT molecular complexity index is 150. The minimum atomic E-state index is -1.86. The predicted octanol–water partition coefficient (Wildman–Crippen LogP) is 3.86. The highest BCUT2D eigenvalue weighted by Crippen LogP contribution is 2.42. The predicted molar refractivity (Wildman–Crippen MR) is 66.3 cm³/mol. The lowest BCUT2D eigenvalue weighted by Gasteiger charge is -2.35. The van der Waals surface area contributed by atoms with E-state index in [1.54, 1.807) is 0 Å². The van der Waals surface area contributed by atoms with Gasteiger partial charge in [0.2, 0.25) is 0 Å². The average molecular weight is 230 g/mol. The van der Waals surface area contributed by atoms with E-state index >= 15 is 0 Å². The smallest absolute Gasteiger partial charge is 0.341 e. The molecule has 15 heavy (non-hydrogen) atoms.